The number of piperazine rings is 1. The van der Waals surface area contributed by atoms with Crippen molar-refractivity contribution in [3.05, 3.63) is 53.6 Å². The van der Waals surface area contributed by atoms with Gasteiger partial charge in [0.25, 0.3) is 0 Å². The van der Waals surface area contributed by atoms with Crippen molar-refractivity contribution in [1.29, 1.82) is 0 Å². The molecule has 0 atom stereocenters. The van der Waals surface area contributed by atoms with E-state index >= 15 is 0 Å². The molecule has 0 N–H and O–H groups in total. The van der Waals surface area contributed by atoms with E-state index in [-0.39, 0.29) is 0 Å². The summed E-state index contributed by atoms with van der Waals surface area (Å²) in [6.45, 7) is 6.48. The van der Waals surface area contributed by atoms with Gasteiger partial charge in [-0.3, -0.25) is 4.90 Å². The van der Waals surface area contributed by atoms with Gasteiger partial charge in [-0.15, -0.1) is 0 Å². The van der Waals surface area contributed by atoms with Crippen molar-refractivity contribution < 1.29 is 23.7 Å². The third kappa shape index (κ3) is 6.35. The van der Waals surface area contributed by atoms with E-state index in [1.54, 1.807) is 12.1 Å². The molecule has 0 unspecified atom stereocenters. The summed E-state index contributed by atoms with van der Waals surface area (Å²) in [7, 11) is 4.57. The molecule has 0 aromatic heterocycles. The van der Waals surface area contributed by atoms with Crippen molar-refractivity contribution in [2.75, 3.05) is 60.7 Å². The Hall–Kier alpha value is -2.77. The second-order valence-corrected chi connectivity index (χ2v) is 7.51. The van der Waals surface area contributed by atoms with Gasteiger partial charge in [0.15, 0.2) is 11.5 Å². The van der Waals surface area contributed by atoms with Crippen molar-refractivity contribution in [3.8, 4) is 17.2 Å². The van der Waals surface area contributed by atoms with Crippen LogP contribution in [0, 0.1) is 0 Å². The third-order valence-corrected chi connectivity index (χ3v) is 5.47. The van der Waals surface area contributed by atoms with Crippen LogP contribution in [0.2, 0.25) is 0 Å². The Balaban J connectivity index is 1.40. The molecule has 0 aliphatic carbocycles. The Morgan fingerprint density at radius 1 is 0.871 bits per heavy atom. The largest absolute Gasteiger partial charge is 0.493 e. The minimum absolute atomic E-state index is 0.375. The van der Waals surface area contributed by atoms with Gasteiger partial charge >= 0.3 is 5.97 Å². The number of carbonyl (C=O) groups is 1. The van der Waals surface area contributed by atoms with Crippen LogP contribution in [-0.2, 0) is 11.3 Å². The van der Waals surface area contributed by atoms with Crippen LogP contribution in [0.4, 0.5) is 0 Å². The van der Waals surface area contributed by atoms with Crippen molar-refractivity contribution >= 4 is 5.97 Å². The molecule has 2 aromatic rings. The normalized spacial score (nSPS) is 14.8. The lowest BCUT2D eigenvalue weighted by atomic mass is 10.2. The highest BCUT2D eigenvalue weighted by Crippen LogP contribution is 2.38. The molecule has 3 rings (SSSR count). The van der Waals surface area contributed by atoms with E-state index in [9.17, 15) is 4.79 Å². The minimum Gasteiger partial charge on any atom is -0.493 e. The van der Waals surface area contributed by atoms with Gasteiger partial charge in [-0.1, -0.05) is 30.3 Å². The first-order valence-corrected chi connectivity index (χ1v) is 10.6. The average Bonchev–Trinajstić information content (AvgIpc) is 2.82. The van der Waals surface area contributed by atoms with Gasteiger partial charge in [0.2, 0.25) is 5.75 Å². The molecule has 0 spiro atoms. The summed E-state index contributed by atoms with van der Waals surface area (Å²) < 4.78 is 21.3. The first kappa shape index (κ1) is 22.9. The van der Waals surface area contributed by atoms with Crippen LogP contribution in [0.3, 0.4) is 0 Å². The van der Waals surface area contributed by atoms with Crippen LogP contribution < -0.4 is 14.2 Å². The number of rotatable bonds is 10. The molecule has 1 heterocycles. The molecule has 7 nitrogen and oxygen atoms in total. The van der Waals surface area contributed by atoms with Gasteiger partial charge in [0.05, 0.1) is 33.5 Å². The smallest absolute Gasteiger partial charge is 0.338 e. The Labute approximate surface area is 184 Å². The Morgan fingerprint density at radius 2 is 1.48 bits per heavy atom. The van der Waals surface area contributed by atoms with Gasteiger partial charge < -0.3 is 23.8 Å². The quantitative estimate of drug-likeness (QED) is 0.426. The summed E-state index contributed by atoms with van der Waals surface area (Å²) in [5, 5.41) is 0. The second-order valence-electron chi connectivity index (χ2n) is 7.51. The number of ether oxygens (including phenoxy) is 4. The number of hydrogen-bond donors (Lipinski definition) is 0. The van der Waals surface area contributed by atoms with Crippen LogP contribution in [0.25, 0.3) is 0 Å². The fraction of sp³-hybridized carbons (Fsp3) is 0.458. The average molecular weight is 429 g/mol. The Morgan fingerprint density at radius 3 is 2.06 bits per heavy atom. The summed E-state index contributed by atoms with van der Waals surface area (Å²) in [6, 6.07) is 13.8. The number of nitrogens with zero attached hydrogens (tertiary/aromatic N) is 2. The maximum atomic E-state index is 12.5. The molecule has 0 radical (unpaired) electrons. The van der Waals surface area contributed by atoms with Gasteiger partial charge in [-0.05, 0) is 24.1 Å². The molecule has 7 heteroatoms. The lowest BCUT2D eigenvalue weighted by molar-refractivity contribution is 0.0474. The highest BCUT2D eigenvalue weighted by atomic mass is 16.5. The molecule has 1 aliphatic heterocycles. The molecule has 1 aliphatic rings. The summed E-state index contributed by atoms with van der Waals surface area (Å²) in [4.78, 5) is 17.4. The van der Waals surface area contributed by atoms with Crippen LogP contribution >= 0.6 is 0 Å². The molecule has 31 heavy (non-hydrogen) atoms. The van der Waals surface area contributed by atoms with Gasteiger partial charge in [-0.2, -0.15) is 0 Å². The van der Waals surface area contributed by atoms with E-state index in [2.05, 4.69) is 40.1 Å². The van der Waals surface area contributed by atoms with Gasteiger partial charge in [-0.25, -0.2) is 4.79 Å². The minimum atomic E-state index is -0.396. The van der Waals surface area contributed by atoms with Crippen LogP contribution in [0.5, 0.6) is 17.2 Å². The first-order chi connectivity index (χ1) is 15.1. The predicted octanol–water partition coefficient (Wildman–Crippen LogP) is 3.08. The standard InChI is InChI=1S/C24H32N2O5/c1-28-21-16-20(17-22(29-2)23(21)30-3)24(27)31-15-7-10-25-11-13-26(14-12-25)18-19-8-5-4-6-9-19/h4-6,8-9,16-17H,7,10-15,18H2,1-3H3. The molecular weight excluding hydrogens is 396 g/mol. The third-order valence-electron chi connectivity index (χ3n) is 5.47. The monoisotopic (exact) mass is 428 g/mol. The number of esters is 1. The summed E-state index contributed by atoms with van der Waals surface area (Å²) in [6.07, 6.45) is 0.800. The highest BCUT2D eigenvalue weighted by Gasteiger charge is 2.19. The molecule has 0 saturated carbocycles. The number of carbonyl (C=O) groups excluding carboxylic acids is 1. The maximum Gasteiger partial charge on any atom is 0.338 e. The highest BCUT2D eigenvalue weighted by molar-refractivity contribution is 5.91. The van der Waals surface area contributed by atoms with Crippen molar-refractivity contribution in [1.82, 2.24) is 9.80 Å². The van der Waals surface area contributed by atoms with Crippen molar-refractivity contribution in [2.45, 2.75) is 13.0 Å². The lowest BCUT2D eigenvalue weighted by Crippen LogP contribution is -2.46. The van der Waals surface area contributed by atoms with E-state index in [0.29, 0.717) is 29.4 Å². The molecule has 0 bridgehead atoms. The fourth-order valence-corrected chi connectivity index (χ4v) is 3.75. The fourth-order valence-electron chi connectivity index (χ4n) is 3.75. The second kappa shape index (κ2) is 11.6. The first-order valence-electron chi connectivity index (χ1n) is 10.6. The predicted molar refractivity (Wildman–Crippen MR) is 119 cm³/mol. The van der Waals surface area contributed by atoms with E-state index < -0.39 is 5.97 Å². The zero-order chi connectivity index (χ0) is 22.1. The molecule has 168 valence electrons. The Kier molecular flexibility index (Phi) is 8.55. The SMILES string of the molecule is COc1cc(C(=O)OCCCN2CCN(Cc3ccccc3)CC2)cc(OC)c1OC. The number of benzene rings is 2. The molecule has 2 aromatic carbocycles. The summed E-state index contributed by atoms with van der Waals surface area (Å²) in [5.41, 5.74) is 1.73. The van der Waals surface area contributed by atoms with Crippen LogP contribution in [-0.4, -0.2) is 76.4 Å². The van der Waals surface area contributed by atoms with Crippen LogP contribution in [0.15, 0.2) is 42.5 Å². The van der Waals surface area contributed by atoms with E-state index in [4.69, 9.17) is 18.9 Å². The van der Waals surface area contributed by atoms with Crippen molar-refractivity contribution in [2.24, 2.45) is 0 Å². The molecule has 1 saturated heterocycles. The van der Waals surface area contributed by atoms with E-state index in [1.807, 2.05) is 0 Å². The van der Waals surface area contributed by atoms with Crippen molar-refractivity contribution in [3.63, 3.8) is 0 Å². The van der Waals surface area contributed by atoms with Gasteiger partial charge in [0, 0.05) is 39.3 Å². The maximum absolute atomic E-state index is 12.5. The Bertz CT molecular complexity index is 810. The summed E-state index contributed by atoms with van der Waals surface area (Å²) in [5.74, 6) is 0.921. The van der Waals surface area contributed by atoms with Crippen LogP contribution in [0.1, 0.15) is 22.3 Å². The molecule has 0 amide bonds. The number of methoxy groups -OCH3 is 3. The molecule has 1 fully saturated rings. The summed E-state index contributed by atoms with van der Waals surface area (Å²) >= 11 is 0. The number of hydrogen-bond acceptors (Lipinski definition) is 7. The zero-order valence-corrected chi connectivity index (χ0v) is 18.6. The van der Waals surface area contributed by atoms with E-state index in [1.165, 1.54) is 26.9 Å². The van der Waals surface area contributed by atoms with Gasteiger partial charge in [0.1, 0.15) is 0 Å². The zero-order valence-electron chi connectivity index (χ0n) is 18.6. The molecular formula is C24H32N2O5. The van der Waals surface area contributed by atoms with E-state index in [0.717, 1.165) is 45.7 Å². The topological polar surface area (TPSA) is 60.5 Å². The lowest BCUT2D eigenvalue weighted by Gasteiger charge is -2.34.